The first-order chi connectivity index (χ1) is 8.81. The van der Waals surface area contributed by atoms with Crippen LogP contribution < -0.4 is 10.2 Å². The molecule has 106 valence electrons. The van der Waals surface area contributed by atoms with Crippen LogP contribution in [-0.4, -0.2) is 19.1 Å². The van der Waals surface area contributed by atoms with Gasteiger partial charge in [-0.3, -0.25) is 0 Å². The Morgan fingerprint density at radius 2 is 2.05 bits per heavy atom. The van der Waals surface area contributed by atoms with Crippen molar-refractivity contribution >= 4 is 21.6 Å². The van der Waals surface area contributed by atoms with E-state index < -0.39 is 0 Å². The molecule has 1 aromatic carbocycles. The highest BCUT2D eigenvalue weighted by Crippen LogP contribution is 2.33. The van der Waals surface area contributed by atoms with Crippen molar-refractivity contribution in [2.24, 2.45) is 0 Å². The van der Waals surface area contributed by atoms with E-state index in [9.17, 15) is 0 Å². The molecule has 1 rings (SSSR count). The molecule has 2 nitrogen and oxygen atoms in total. The summed E-state index contributed by atoms with van der Waals surface area (Å²) in [7, 11) is 1.99. The Bertz CT molecular complexity index is 435. The molecule has 1 unspecified atom stereocenters. The minimum atomic E-state index is 0.0528. The molecule has 0 saturated carbocycles. The highest BCUT2D eigenvalue weighted by atomic mass is 79.9. The number of anilines is 1. The number of halogens is 1. The molecule has 1 atom stereocenters. The molecule has 0 saturated heterocycles. The Kier molecular flexibility index (Phi) is 5.63. The third-order valence-electron chi connectivity index (χ3n) is 3.30. The lowest BCUT2D eigenvalue weighted by Crippen LogP contribution is -2.42. The van der Waals surface area contributed by atoms with E-state index in [1.54, 1.807) is 0 Å². The Morgan fingerprint density at radius 3 is 2.53 bits per heavy atom. The second-order valence-electron chi connectivity index (χ2n) is 5.78. The predicted molar refractivity (Wildman–Crippen MR) is 88.9 cm³/mol. The van der Waals surface area contributed by atoms with Crippen molar-refractivity contribution in [3.63, 3.8) is 0 Å². The molecule has 0 heterocycles. The first-order valence-corrected chi connectivity index (χ1v) is 7.45. The third kappa shape index (κ3) is 4.08. The maximum absolute atomic E-state index is 3.89. The lowest BCUT2D eigenvalue weighted by molar-refractivity contribution is 0.517. The van der Waals surface area contributed by atoms with E-state index in [2.05, 4.69) is 78.6 Å². The van der Waals surface area contributed by atoms with Crippen LogP contribution in [0.1, 0.15) is 39.3 Å². The molecule has 0 radical (unpaired) electrons. The van der Waals surface area contributed by atoms with Gasteiger partial charge in [-0.05, 0) is 52.4 Å². The predicted octanol–water partition coefficient (Wildman–Crippen LogP) is 4.52. The topological polar surface area (TPSA) is 15.3 Å². The van der Waals surface area contributed by atoms with Crippen molar-refractivity contribution in [2.75, 3.05) is 18.5 Å². The highest BCUT2D eigenvalue weighted by molar-refractivity contribution is 9.10. The monoisotopic (exact) mass is 324 g/mol. The molecule has 0 aliphatic rings. The van der Waals surface area contributed by atoms with Crippen LogP contribution >= 0.6 is 15.9 Å². The number of benzene rings is 1. The quantitative estimate of drug-likeness (QED) is 0.801. The summed E-state index contributed by atoms with van der Waals surface area (Å²) in [5.41, 5.74) is 2.61. The van der Waals surface area contributed by atoms with Gasteiger partial charge in [-0.2, -0.15) is 0 Å². The average Bonchev–Trinajstić information content (AvgIpc) is 2.33. The molecule has 0 spiro atoms. The molecule has 0 amide bonds. The van der Waals surface area contributed by atoms with Gasteiger partial charge in [-0.1, -0.05) is 28.1 Å². The summed E-state index contributed by atoms with van der Waals surface area (Å²) >= 11 is 3.58. The minimum Gasteiger partial charge on any atom is -0.363 e. The van der Waals surface area contributed by atoms with Crippen molar-refractivity contribution in [1.82, 2.24) is 5.32 Å². The molecular weight excluding hydrogens is 300 g/mol. The zero-order chi connectivity index (χ0) is 14.6. The van der Waals surface area contributed by atoms with Crippen LogP contribution in [0.5, 0.6) is 0 Å². The number of hydrogen-bond donors (Lipinski definition) is 1. The summed E-state index contributed by atoms with van der Waals surface area (Å²) < 4.78 is 1.10. The van der Waals surface area contributed by atoms with Crippen LogP contribution in [0.3, 0.4) is 0 Å². The summed E-state index contributed by atoms with van der Waals surface area (Å²) in [4.78, 5) is 2.38. The summed E-state index contributed by atoms with van der Waals surface area (Å²) in [5.74, 6) is 0. The van der Waals surface area contributed by atoms with Gasteiger partial charge < -0.3 is 10.2 Å². The molecule has 3 heteroatoms. The molecule has 0 aliphatic carbocycles. The minimum absolute atomic E-state index is 0.0528. The third-order valence-corrected chi connectivity index (χ3v) is 3.80. The molecule has 1 N–H and O–H groups in total. The van der Waals surface area contributed by atoms with Crippen LogP contribution in [0.25, 0.3) is 0 Å². The van der Waals surface area contributed by atoms with Crippen molar-refractivity contribution in [2.45, 2.75) is 39.3 Å². The van der Waals surface area contributed by atoms with Gasteiger partial charge in [0, 0.05) is 28.3 Å². The van der Waals surface area contributed by atoms with Gasteiger partial charge in [-0.25, -0.2) is 0 Å². The fraction of sp³-hybridized carbons (Fsp3) is 0.500. The van der Waals surface area contributed by atoms with E-state index >= 15 is 0 Å². The summed E-state index contributed by atoms with van der Waals surface area (Å²) in [6, 6.07) is 6.79. The molecule has 0 fully saturated rings. The van der Waals surface area contributed by atoms with Crippen molar-refractivity contribution in [1.29, 1.82) is 0 Å². The van der Waals surface area contributed by atoms with Crippen LogP contribution in [0, 0.1) is 0 Å². The molecule has 0 aromatic heterocycles. The van der Waals surface area contributed by atoms with Crippen LogP contribution in [0.15, 0.2) is 35.3 Å². The first kappa shape index (κ1) is 16.3. The van der Waals surface area contributed by atoms with Gasteiger partial charge in [0.15, 0.2) is 0 Å². The second kappa shape index (κ2) is 6.58. The fourth-order valence-electron chi connectivity index (χ4n) is 2.13. The first-order valence-electron chi connectivity index (χ1n) is 6.66. The molecule has 1 aromatic rings. The zero-order valence-corrected chi connectivity index (χ0v) is 14.2. The van der Waals surface area contributed by atoms with Gasteiger partial charge in [-0.15, -0.1) is 6.58 Å². The standard InChI is InChI=1S/C16H25BrN2/c1-7-10-19(16(3,4)5)15-11-13(17)8-9-14(15)12(2)18-6/h7-9,11-12,18H,1,10H2,2-6H3. The smallest absolute Gasteiger partial charge is 0.0433 e. The maximum atomic E-state index is 3.89. The van der Waals surface area contributed by atoms with Crippen molar-refractivity contribution in [3.8, 4) is 0 Å². The van der Waals surface area contributed by atoms with Crippen molar-refractivity contribution < 1.29 is 0 Å². The summed E-state index contributed by atoms with van der Waals surface area (Å²) in [5, 5.41) is 3.32. The van der Waals surface area contributed by atoms with E-state index in [1.165, 1.54) is 11.3 Å². The lowest BCUT2D eigenvalue weighted by Gasteiger charge is -2.39. The van der Waals surface area contributed by atoms with Gasteiger partial charge in [0.05, 0.1) is 0 Å². The average molecular weight is 325 g/mol. The Labute approximate surface area is 126 Å². The molecule has 0 aliphatic heterocycles. The van der Waals surface area contributed by atoms with Gasteiger partial charge in [0.25, 0.3) is 0 Å². The largest absolute Gasteiger partial charge is 0.363 e. The SMILES string of the molecule is C=CCN(c1cc(Br)ccc1C(C)NC)C(C)(C)C. The molecule has 19 heavy (non-hydrogen) atoms. The summed E-state index contributed by atoms with van der Waals surface area (Å²) in [6.45, 7) is 13.6. The van der Waals surface area contributed by atoms with E-state index in [0.29, 0.717) is 6.04 Å². The Hall–Kier alpha value is -0.800. The normalized spacial score (nSPS) is 13.2. The number of nitrogens with zero attached hydrogens (tertiary/aromatic N) is 1. The van der Waals surface area contributed by atoms with Gasteiger partial charge in [0.1, 0.15) is 0 Å². The number of hydrogen-bond acceptors (Lipinski definition) is 2. The second-order valence-corrected chi connectivity index (χ2v) is 6.70. The molecular formula is C16H25BrN2. The Morgan fingerprint density at radius 1 is 1.42 bits per heavy atom. The van der Waals surface area contributed by atoms with Crippen LogP contribution in [0.2, 0.25) is 0 Å². The number of rotatable bonds is 5. The highest BCUT2D eigenvalue weighted by Gasteiger charge is 2.24. The van der Waals surface area contributed by atoms with E-state index in [0.717, 1.165) is 11.0 Å². The van der Waals surface area contributed by atoms with Crippen molar-refractivity contribution in [3.05, 3.63) is 40.9 Å². The van der Waals surface area contributed by atoms with E-state index in [-0.39, 0.29) is 5.54 Å². The van der Waals surface area contributed by atoms with Crippen LogP contribution in [-0.2, 0) is 0 Å². The zero-order valence-electron chi connectivity index (χ0n) is 12.6. The fourth-order valence-corrected chi connectivity index (χ4v) is 2.48. The summed E-state index contributed by atoms with van der Waals surface area (Å²) in [6.07, 6.45) is 1.96. The van der Waals surface area contributed by atoms with E-state index in [4.69, 9.17) is 0 Å². The molecule has 0 bridgehead atoms. The maximum Gasteiger partial charge on any atom is 0.0433 e. The van der Waals surface area contributed by atoms with E-state index in [1.807, 2.05) is 13.1 Å². The number of nitrogens with one attached hydrogen (secondary N) is 1. The lowest BCUT2D eigenvalue weighted by atomic mass is 9.99. The van der Waals surface area contributed by atoms with Gasteiger partial charge >= 0.3 is 0 Å². The van der Waals surface area contributed by atoms with Crippen LogP contribution in [0.4, 0.5) is 5.69 Å². The van der Waals surface area contributed by atoms with Gasteiger partial charge in [0.2, 0.25) is 0 Å². The Balaban J connectivity index is 3.35.